The molecule has 2 rings (SSSR count). The van der Waals surface area contributed by atoms with Crippen molar-refractivity contribution < 1.29 is 9.53 Å². The maximum absolute atomic E-state index is 12.2. The lowest BCUT2D eigenvalue weighted by atomic mass is 10.2. The van der Waals surface area contributed by atoms with E-state index in [1.165, 1.54) is 19.3 Å². The molecule has 0 aliphatic rings. The minimum absolute atomic E-state index is 0.149. The third-order valence-electron chi connectivity index (χ3n) is 3.55. The number of ether oxygens (including phenoxy) is 1. The van der Waals surface area contributed by atoms with Crippen LogP contribution in [0.1, 0.15) is 43.0 Å². The highest BCUT2D eigenvalue weighted by molar-refractivity contribution is 6.04. The van der Waals surface area contributed by atoms with Gasteiger partial charge in [-0.2, -0.15) is 0 Å². The molecule has 1 amide bonds. The molecule has 0 spiro atoms. The standard InChI is InChI=1S/C19H24N2O2/c1-2-3-4-5-14-23-18-12-6-15(7-13-18)19(22)21-17-10-8-16(20)9-11-17/h6-13H,2-5,14,20H2,1H3,(H,21,22). The van der Waals surface area contributed by atoms with Gasteiger partial charge in [0.1, 0.15) is 5.75 Å². The van der Waals surface area contributed by atoms with E-state index >= 15 is 0 Å². The van der Waals surface area contributed by atoms with Gasteiger partial charge in [-0.05, 0) is 55.0 Å². The Bertz CT molecular complexity index is 606. The highest BCUT2D eigenvalue weighted by atomic mass is 16.5. The van der Waals surface area contributed by atoms with Crippen LogP contribution in [0.15, 0.2) is 48.5 Å². The monoisotopic (exact) mass is 312 g/mol. The Morgan fingerprint density at radius 2 is 1.70 bits per heavy atom. The molecule has 4 nitrogen and oxygen atoms in total. The summed E-state index contributed by atoms with van der Waals surface area (Å²) < 4.78 is 5.67. The Balaban J connectivity index is 1.83. The molecule has 2 aromatic carbocycles. The van der Waals surface area contributed by atoms with Gasteiger partial charge < -0.3 is 15.8 Å². The van der Waals surface area contributed by atoms with E-state index in [9.17, 15) is 4.79 Å². The van der Waals surface area contributed by atoms with E-state index < -0.39 is 0 Å². The Kier molecular flexibility index (Phi) is 6.48. The smallest absolute Gasteiger partial charge is 0.255 e. The zero-order valence-electron chi connectivity index (χ0n) is 13.5. The molecule has 2 aromatic rings. The summed E-state index contributed by atoms with van der Waals surface area (Å²) in [6.45, 7) is 2.91. The first-order valence-corrected chi connectivity index (χ1v) is 8.09. The number of hydrogen-bond donors (Lipinski definition) is 2. The van der Waals surface area contributed by atoms with Crippen molar-refractivity contribution in [3.05, 3.63) is 54.1 Å². The summed E-state index contributed by atoms with van der Waals surface area (Å²) in [4.78, 5) is 12.2. The van der Waals surface area contributed by atoms with Gasteiger partial charge in [-0.25, -0.2) is 0 Å². The van der Waals surface area contributed by atoms with Crippen LogP contribution in [0, 0.1) is 0 Å². The topological polar surface area (TPSA) is 64.3 Å². The van der Waals surface area contributed by atoms with E-state index in [4.69, 9.17) is 10.5 Å². The Morgan fingerprint density at radius 1 is 1.00 bits per heavy atom. The van der Waals surface area contributed by atoms with E-state index in [0.717, 1.165) is 24.5 Å². The van der Waals surface area contributed by atoms with E-state index in [2.05, 4.69) is 12.2 Å². The molecule has 0 aromatic heterocycles. The van der Waals surface area contributed by atoms with Gasteiger partial charge in [-0.3, -0.25) is 4.79 Å². The van der Waals surface area contributed by atoms with Crippen molar-refractivity contribution in [2.24, 2.45) is 0 Å². The summed E-state index contributed by atoms with van der Waals surface area (Å²) in [6.07, 6.45) is 4.72. The van der Waals surface area contributed by atoms with Crippen molar-refractivity contribution in [2.45, 2.75) is 32.6 Å². The fourth-order valence-corrected chi connectivity index (χ4v) is 2.19. The summed E-state index contributed by atoms with van der Waals surface area (Å²) in [5.41, 5.74) is 7.62. The molecule has 3 N–H and O–H groups in total. The number of nitrogens with one attached hydrogen (secondary N) is 1. The predicted molar refractivity (Wildman–Crippen MR) is 94.9 cm³/mol. The Labute approximate surface area is 137 Å². The Morgan fingerprint density at radius 3 is 2.35 bits per heavy atom. The molecular formula is C19H24N2O2. The lowest BCUT2D eigenvalue weighted by molar-refractivity contribution is 0.102. The van der Waals surface area contributed by atoms with Gasteiger partial charge in [-0.1, -0.05) is 26.2 Å². The molecule has 0 bridgehead atoms. The molecule has 0 radical (unpaired) electrons. The summed E-state index contributed by atoms with van der Waals surface area (Å²) in [5.74, 6) is 0.648. The minimum Gasteiger partial charge on any atom is -0.494 e. The Hall–Kier alpha value is -2.49. The fourth-order valence-electron chi connectivity index (χ4n) is 2.19. The quantitative estimate of drug-likeness (QED) is 0.558. The molecule has 0 saturated carbocycles. The number of rotatable bonds is 8. The average Bonchev–Trinajstić information content (AvgIpc) is 2.57. The summed E-state index contributed by atoms with van der Waals surface area (Å²) in [7, 11) is 0. The number of hydrogen-bond acceptors (Lipinski definition) is 3. The molecule has 23 heavy (non-hydrogen) atoms. The number of anilines is 2. The number of carbonyl (C=O) groups is 1. The molecule has 0 aliphatic carbocycles. The second kappa shape index (κ2) is 8.83. The lowest BCUT2D eigenvalue weighted by Gasteiger charge is -2.08. The molecular weight excluding hydrogens is 288 g/mol. The van der Waals surface area contributed by atoms with Crippen molar-refractivity contribution in [2.75, 3.05) is 17.7 Å². The number of carbonyl (C=O) groups excluding carboxylic acids is 1. The van der Waals surface area contributed by atoms with E-state index in [1.54, 1.807) is 36.4 Å². The summed E-state index contributed by atoms with van der Waals surface area (Å²) in [5, 5.41) is 2.84. The van der Waals surface area contributed by atoms with Crippen molar-refractivity contribution in [3.8, 4) is 5.75 Å². The zero-order valence-corrected chi connectivity index (χ0v) is 13.5. The lowest BCUT2D eigenvalue weighted by Crippen LogP contribution is -2.11. The van der Waals surface area contributed by atoms with Crippen LogP contribution >= 0.6 is 0 Å². The summed E-state index contributed by atoms with van der Waals surface area (Å²) in [6, 6.07) is 14.3. The highest BCUT2D eigenvalue weighted by Gasteiger charge is 2.06. The van der Waals surface area contributed by atoms with Gasteiger partial charge in [0.2, 0.25) is 0 Å². The van der Waals surface area contributed by atoms with E-state index in [0.29, 0.717) is 11.3 Å². The number of nitrogens with two attached hydrogens (primary N) is 1. The molecule has 4 heteroatoms. The zero-order chi connectivity index (χ0) is 16.5. The van der Waals surface area contributed by atoms with Crippen molar-refractivity contribution >= 4 is 17.3 Å². The van der Waals surface area contributed by atoms with Crippen molar-refractivity contribution in [3.63, 3.8) is 0 Å². The van der Waals surface area contributed by atoms with Gasteiger partial charge in [0.05, 0.1) is 6.61 Å². The first-order chi connectivity index (χ1) is 11.2. The van der Waals surface area contributed by atoms with E-state index in [1.807, 2.05) is 12.1 Å². The van der Waals surface area contributed by atoms with Crippen LogP contribution in [0.4, 0.5) is 11.4 Å². The minimum atomic E-state index is -0.149. The molecule has 0 atom stereocenters. The molecule has 0 saturated heterocycles. The van der Waals surface area contributed by atoms with Crippen molar-refractivity contribution in [1.82, 2.24) is 0 Å². The highest BCUT2D eigenvalue weighted by Crippen LogP contribution is 2.16. The molecule has 0 fully saturated rings. The van der Waals surface area contributed by atoms with Crippen LogP contribution in [0.5, 0.6) is 5.75 Å². The first kappa shape index (κ1) is 16.9. The van der Waals surface area contributed by atoms with Crippen LogP contribution in [-0.4, -0.2) is 12.5 Å². The van der Waals surface area contributed by atoms with Gasteiger partial charge in [0.25, 0.3) is 5.91 Å². The molecule has 0 heterocycles. The maximum atomic E-state index is 12.2. The van der Waals surface area contributed by atoms with E-state index in [-0.39, 0.29) is 5.91 Å². The fraction of sp³-hybridized carbons (Fsp3) is 0.316. The number of nitrogen functional groups attached to an aromatic ring is 1. The second-order valence-electron chi connectivity index (χ2n) is 5.51. The third-order valence-corrected chi connectivity index (χ3v) is 3.55. The number of amides is 1. The van der Waals surface area contributed by atoms with Crippen LogP contribution in [-0.2, 0) is 0 Å². The van der Waals surface area contributed by atoms with Crippen LogP contribution in [0.2, 0.25) is 0 Å². The van der Waals surface area contributed by atoms with Crippen molar-refractivity contribution in [1.29, 1.82) is 0 Å². The second-order valence-corrected chi connectivity index (χ2v) is 5.51. The number of benzene rings is 2. The predicted octanol–water partition coefficient (Wildman–Crippen LogP) is 4.48. The van der Waals surface area contributed by atoms with Crippen LogP contribution in [0.3, 0.4) is 0 Å². The SMILES string of the molecule is CCCCCCOc1ccc(C(=O)Nc2ccc(N)cc2)cc1. The van der Waals surface area contributed by atoms with Gasteiger partial charge in [-0.15, -0.1) is 0 Å². The first-order valence-electron chi connectivity index (χ1n) is 8.09. The normalized spacial score (nSPS) is 10.3. The van der Waals surface area contributed by atoms with Gasteiger partial charge >= 0.3 is 0 Å². The van der Waals surface area contributed by atoms with Gasteiger partial charge in [0, 0.05) is 16.9 Å². The van der Waals surface area contributed by atoms with Gasteiger partial charge in [0.15, 0.2) is 0 Å². The number of unbranched alkanes of at least 4 members (excludes halogenated alkanes) is 3. The average molecular weight is 312 g/mol. The molecule has 122 valence electrons. The molecule has 0 aliphatic heterocycles. The summed E-state index contributed by atoms with van der Waals surface area (Å²) >= 11 is 0. The largest absolute Gasteiger partial charge is 0.494 e. The maximum Gasteiger partial charge on any atom is 0.255 e. The molecule has 0 unspecified atom stereocenters. The van der Waals surface area contributed by atoms with Crippen LogP contribution in [0.25, 0.3) is 0 Å². The van der Waals surface area contributed by atoms with Crippen LogP contribution < -0.4 is 15.8 Å². The third kappa shape index (κ3) is 5.66.